The maximum atomic E-state index is 7.33. The number of hydrogen-bond acceptors (Lipinski definition) is 2. The van der Waals surface area contributed by atoms with Gasteiger partial charge in [-0.1, -0.05) is 60.7 Å². The molecule has 2 rings (SSSR count). The minimum atomic E-state index is 0. The van der Waals surface area contributed by atoms with Gasteiger partial charge in [-0.15, -0.1) is 24.8 Å². The van der Waals surface area contributed by atoms with Crippen LogP contribution in [0.15, 0.2) is 48.5 Å². The van der Waals surface area contributed by atoms with Gasteiger partial charge in [0.1, 0.15) is 5.84 Å². The second-order valence-electron chi connectivity index (χ2n) is 4.31. The number of hydrogen-bond donors (Lipinski definition) is 3. The van der Waals surface area contributed by atoms with Gasteiger partial charge in [0.15, 0.2) is 0 Å². The van der Waals surface area contributed by atoms with Gasteiger partial charge in [0.25, 0.3) is 0 Å². The van der Waals surface area contributed by atoms with Crippen molar-refractivity contribution in [3.8, 4) is 0 Å². The van der Waals surface area contributed by atoms with E-state index in [1.807, 2.05) is 60.7 Å². The molecule has 5 N–H and O–H groups in total. The summed E-state index contributed by atoms with van der Waals surface area (Å²) in [6.07, 6.45) is 4.07. The highest BCUT2D eigenvalue weighted by Gasteiger charge is 1.95. The van der Waals surface area contributed by atoms with Gasteiger partial charge in [0.2, 0.25) is 0 Å². The quantitative estimate of drug-likeness (QED) is 0.458. The van der Waals surface area contributed by atoms with Crippen molar-refractivity contribution in [2.75, 3.05) is 0 Å². The Balaban J connectivity index is 0.00000200. The van der Waals surface area contributed by atoms with E-state index in [1.165, 1.54) is 0 Å². The highest BCUT2D eigenvalue weighted by Crippen LogP contribution is 2.10. The summed E-state index contributed by atoms with van der Waals surface area (Å²) in [5, 5.41) is 7.33. The predicted octanol–water partition coefficient (Wildman–Crippen LogP) is 3.44. The zero-order valence-electron chi connectivity index (χ0n) is 11.5. The third-order valence-electron chi connectivity index (χ3n) is 2.91. The van der Waals surface area contributed by atoms with Crippen LogP contribution in [0.25, 0.3) is 12.2 Å². The standard InChI is InChI=1S/C16H17N3.2ClH/c17-11-14-5-3-12(4-6-14)1-2-13-7-9-15(10-8-13)16(18)19;;/h1-10H,11,17H2,(H3,18,19);2*1H/b2-1+;;. The van der Waals surface area contributed by atoms with Gasteiger partial charge in [-0.3, -0.25) is 5.41 Å². The molecule has 0 atom stereocenters. The van der Waals surface area contributed by atoms with E-state index in [2.05, 4.69) is 0 Å². The van der Waals surface area contributed by atoms with Crippen LogP contribution >= 0.6 is 24.8 Å². The molecule has 3 nitrogen and oxygen atoms in total. The second-order valence-corrected chi connectivity index (χ2v) is 4.31. The fourth-order valence-electron chi connectivity index (χ4n) is 1.73. The maximum Gasteiger partial charge on any atom is 0.122 e. The Morgan fingerprint density at radius 3 is 1.67 bits per heavy atom. The molecule has 0 heterocycles. The molecular weight excluding hydrogens is 305 g/mol. The molecule has 0 aliphatic carbocycles. The van der Waals surface area contributed by atoms with Crippen molar-refractivity contribution in [3.05, 3.63) is 70.8 Å². The molecule has 21 heavy (non-hydrogen) atoms. The molecular formula is C16H19Cl2N3. The SMILES string of the molecule is Cl.Cl.N=C(N)c1ccc(/C=C/c2ccc(CN)cc2)cc1. The highest BCUT2D eigenvalue weighted by atomic mass is 35.5. The number of nitrogens with two attached hydrogens (primary N) is 2. The van der Waals surface area contributed by atoms with Gasteiger partial charge < -0.3 is 11.5 Å². The van der Waals surface area contributed by atoms with E-state index >= 15 is 0 Å². The monoisotopic (exact) mass is 323 g/mol. The summed E-state index contributed by atoms with van der Waals surface area (Å²) in [7, 11) is 0. The number of benzene rings is 2. The fourth-order valence-corrected chi connectivity index (χ4v) is 1.73. The van der Waals surface area contributed by atoms with Crippen LogP contribution in [0.1, 0.15) is 22.3 Å². The summed E-state index contributed by atoms with van der Waals surface area (Å²) in [5.41, 5.74) is 15.0. The molecule has 0 amide bonds. The second kappa shape index (κ2) is 9.19. The molecule has 0 radical (unpaired) electrons. The zero-order chi connectivity index (χ0) is 13.7. The van der Waals surface area contributed by atoms with Crippen LogP contribution in [0.3, 0.4) is 0 Å². The van der Waals surface area contributed by atoms with Crippen molar-refractivity contribution < 1.29 is 0 Å². The van der Waals surface area contributed by atoms with Gasteiger partial charge in [-0.05, 0) is 16.7 Å². The van der Waals surface area contributed by atoms with Gasteiger partial charge >= 0.3 is 0 Å². The molecule has 0 aliphatic heterocycles. The van der Waals surface area contributed by atoms with Crippen molar-refractivity contribution in [3.63, 3.8) is 0 Å². The average Bonchev–Trinajstić information content (AvgIpc) is 2.46. The Morgan fingerprint density at radius 1 is 0.857 bits per heavy atom. The minimum absolute atomic E-state index is 0. The Labute approximate surface area is 137 Å². The molecule has 2 aromatic rings. The maximum absolute atomic E-state index is 7.33. The first-order chi connectivity index (χ1) is 9.19. The smallest absolute Gasteiger partial charge is 0.122 e. The van der Waals surface area contributed by atoms with Crippen molar-refractivity contribution in [2.24, 2.45) is 11.5 Å². The van der Waals surface area contributed by atoms with E-state index in [0.29, 0.717) is 6.54 Å². The minimum Gasteiger partial charge on any atom is -0.384 e. The van der Waals surface area contributed by atoms with E-state index < -0.39 is 0 Å². The summed E-state index contributed by atoms with van der Waals surface area (Å²) in [6, 6.07) is 15.7. The molecule has 0 aromatic heterocycles. The third-order valence-corrected chi connectivity index (χ3v) is 2.91. The summed E-state index contributed by atoms with van der Waals surface area (Å²) < 4.78 is 0. The Bertz CT molecular complexity index is 590. The number of rotatable bonds is 4. The van der Waals surface area contributed by atoms with E-state index in [0.717, 1.165) is 22.3 Å². The molecule has 2 aromatic carbocycles. The lowest BCUT2D eigenvalue weighted by Crippen LogP contribution is -2.10. The predicted molar refractivity (Wildman–Crippen MR) is 95.2 cm³/mol. The average molecular weight is 324 g/mol. The lowest BCUT2D eigenvalue weighted by atomic mass is 10.1. The normalized spacial score (nSPS) is 9.76. The Hall–Kier alpha value is -1.81. The molecule has 0 spiro atoms. The molecule has 5 heteroatoms. The zero-order valence-corrected chi connectivity index (χ0v) is 13.1. The van der Waals surface area contributed by atoms with Crippen LogP contribution in [0.2, 0.25) is 0 Å². The van der Waals surface area contributed by atoms with Crippen LogP contribution in [-0.2, 0) is 6.54 Å². The first-order valence-corrected chi connectivity index (χ1v) is 6.10. The third kappa shape index (κ3) is 5.60. The van der Waals surface area contributed by atoms with Crippen molar-refractivity contribution in [2.45, 2.75) is 6.54 Å². The largest absolute Gasteiger partial charge is 0.384 e. The van der Waals surface area contributed by atoms with E-state index in [4.69, 9.17) is 16.9 Å². The van der Waals surface area contributed by atoms with E-state index in [-0.39, 0.29) is 30.6 Å². The van der Waals surface area contributed by atoms with Crippen LogP contribution in [0.5, 0.6) is 0 Å². The van der Waals surface area contributed by atoms with Crippen molar-refractivity contribution >= 4 is 42.8 Å². The van der Waals surface area contributed by atoms with Gasteiger partial charge in [-0.25, -0.2) is 0 Å². The first-order valence-electron chi connectivity index (χ1n) is 6.10. The molecule has 0 unspecified atom stereocenters. The topological polar surface area (TPSA) is 75.9 Å². The molecule has 0 bridgehead atoms. The molecule has 0 aliphatic rings. The van der Waals surface area contributed by atoms with Crippen LogP contribution in [0, 0.1) is 5.41 Å². The van der Waals surface area contributed by atoms with Crippen LogP contribution in [0.4, 0.5) is 0 Å². The first kappa shape index (κ1) is 19.2. The lowest BCUT2D eigenvalue weighted by Gasteiger charge is -1.99. The Kier molecular flexibility index (Phi) is 8.39. The van der Waals surface area contributed by atoms with Gasteiger partial charge in [0, 0.05) is 12.1 Å². The molecule has 0 saturated carbocycles. The number of nitrogen functional groups attached to an aromatic ring is 1. The number of halogens is 2. The Morgan fingerprint density at radius 2 is 1.29 bits per heavy atom. The summed E-state index contributed by atoms with van der Waals surface area (Å²) in [5.74, 6) is 0.0907. The molecule has 0 fully saturated rings. The van der Waals surface area contributed by atoms with Gasteiger partial charge in [0.05, 0.1) is 0 Å². The summed E-state index contributed by atoms with van der Waals surface area (Å²) in [4.78, 5) is 0. The van der Waals surface area contributed by atoms with Crippen molar-refractivity contribution in [1.82, 2.24) is 0 Å². The summed E-state index contributed by atoms with van der Waals surface area (Å²) >= 11 is 0. The number of nitrogens with one attached hydrogen (secondary N) is 1. The lowest BCUT2D eigenvalue weighted by molar-refractivity contribution is 1.07. The van der Waals surface area contributed by atoms with Crippen LogP contribution < -0.4 is 11.5 Å². The van der Waals surface area contributed by atoms with Gasteiger partial charge in [-0.2, -0.15) is 0 Å². The highest BCUT2D eigenvalue weighted by molar-refractivity contribution is 5.95. The fraction of sp³-hybridized carbons (Fsp3) is 0.0625. The van der Waals surface area contributed by atoms with Crippen molar-refractivity contribution in [1.29, 1.82) is 5.41 Å². The van der Waals surface area contributed by atoms with E-state index in [9.17, 15) is 0 Å². The van der Waals surface area contributed by atoms with E-state index in [1.54, 1.807) is 0 Å². The molecule has 112 valence electrons. The summed E-state index contributed by atoms with van der Waals surface area (Å²) in [6.45, 7) is 0.566. The number of amidine groups is 1. The van der Waals surface area contributed by atoms with Crippen LogP contribution in [-0.4, -0.2) is 5.84 Å². The molecule has 0 saturated heterocycles.